The van der Waals surface area contributed by atoms with Crippen LogP contribution in [0.5, 0.6) is 0 Å². The highest BCUT2D eigenvalue weighted by Gasteiger charge is 2.18. The van der Waals surface area contributed by atoms with Crippen LogP contribution in [0.2, 0.25) is 5.02 Å². The first kappa shape index (κ1) is 15.9. The summed E-state index contributed by atoms with van der Waals surface area (Å²) in [5.41, 5.74) is 1.74. The van der Waals surface area contributed by atoms with Gasteiger partial charge in [-0.2, -0.15) is 0 Å². The summed E-state index contributed by atoms with van der Waals surface area (Å²) in [6, 6.07) is 16.7. The number of aromatic nitrogens is 1. The summed E-state index contributed by atoms with van der Waals surface area (Å²) < 4.78 is 0. The Balaban J connectivity index is 1.91. The molecule has 5 heteroatoms. The molecule has 118 valence electrons. The predicted octanol–water partition coefficient (Wildman–Crippen LogP) is 4.22. The quantitative estimate of drug-likeness (QED) is 0.726. The molecular formula is C19H13ClN2O2. The maximum absolute atomic E-state index is 12.7. The van der Waals surface area contributed by atoms with Gasteiger partial charge in [0.05, 0.1) is 5.56 Å². The molecule has 4 nitrogen and oxygen atoms in total. The normalized spacial score (nSPS) is 10.2. The van der Waals surface area contributed by atoms with Crippen molar-refractivity contribution in [3.63, 3.8) is 0 Å². The van der Waals surface area contributed by atoms with E-state index in [2.05, 4.69) is 10.3 Å². The third kappa shape index (κ3) is 3.50. The number of ketones is 1. The van der Waals surface area contributed by atoms with Gasteiger partial charge < -0.3 is 5.32 Å². The largest absolute Gasteiger partial charge is 0.322 e. The third-order valence-corrected chi connectivity index (χ3v) is 3.71. The molecule has 0 unspecified atom stereocenters. The Labute approximate surface area is 144 Å². The van der Waals surface area contributed by atoms with E-state index >= 15 is 0 Å². The van der Waals surface area contributed by atoms with Crippen LogP contribution in [0.3, 0.4) is 0 Å². The summed E-state index contributed by atoms with van der Waals surface area (Å²) in [7, 11) is 0. The van der Waals surface area contributed by atoms with Crippen LogP contribution in [0.4, 0.5) is 5.69 Å². The molecule has 0 bridgehead atoms. The van der Waals surface area contributed by atoms with Gasteiger partial charge in [0.15, 0.2) is 5.78 Å². The maximum atomic E-state index is 12.7. The van der Waals surface area contributed by atoms with Gasteiger partial charge in [0.1, 0.15) is 0 Å². The van der Waals surface area contributed by atoms with Crippen LogP contribution >= 0.6 is 11.6 Å². The topological polar surface area (TPSA) is 59.1 Å². The Bertz CT molecular complexity index is 877. The minimum atomic E-state index is -0.348. The molecular weight excluding hydrogens is 324 g/mol. The van der Waals surface area contributed by atoms with E-state index in [1.807, 2.05) is 0 Å². The molecule has 1 amide bonds. The van der Waals surface area contributed by atoms with Gasteiger partial charge in [-0.1, -0.05) is 29.8 Å². The molecule has 0 aliphatic carbocycles. The highest BCUT2D eigenvalue weighted by atomic mass is 35.5. The Morgan fingerprint density at radius 1 is 0.833 bits per heavy atom. The number of hydrogen-bond acceptors (Lipinski definition) is 3. The summed E-state index contributed by atoms with van der Waals surface area (Å²) in [4.78, 5) is 29.1. The van der Waals surface area contributed by atoms with E-state index < -0.39 is 0 Å². The van der Waals surface area contributed by atoms with Gasteiger partial charge in [-0.3, -0.25) is 14.6 Å². The summed E-state index contributed by atoms with van der Waals surface area (Å²) in [5.74, 6) is -0.578. The Kier molecular flexibility index (Phi) is 4.68. The van der Waals surface area contributed by atoms with Crippen molar-refractivity contribution in [2.75, 3.05) is 5.32 Å². The monoisotopic (exact) mass is 336 g/mol. The lowest BCUT2D eigenvalue weighted by molar-refractivity contribution is 0.0996. The van der Waals surface area contributed by atoms with E-state index in [4.69, 9.17) is 11.6 Å². The van der Waals surface area contributed by atoms with E-state index in [1.54, 1.807) is 73.1 Å². The van der Waals surface area contributed by atoms with Crippen LogP contribution in [0.25, 0.3) is 0 Å². The van der Waals surface area contributed by atoms with Crippen molar-refractivity contribution in [2.45, 2.75) is 0 Å². The van der Waals surface area contributed by atoms with Crippen LogP contribution in [0, 0.1) is 0 Å². The summed E-state index contributed by atoms with van der Waals surface area (Å²) in [6.07, 6.45) is 3.17. The molecule has 0 saturated carbocycles. The van der Waals surface area contributed by atoms with E-state index in [1.165, 1.54) is 0 Å². The van der Waals surface area contributed by atoms with Gasteiger partial charge in [-0.05, 0) is 42.5 Å². The van der Waals surface area contributed by atoms with Crippen molar-refractivity contribution in [1.29, 1.82) is 0 Å². The van der Waals surface area contributed by atoms with Crippen molar-refractivity contribution in [3.8, 4) is 0 Å². The molecule has 0 atom stereocenters. The van der Waals surface area contributed by atoms with Gasteiger partial charge >= 0.3 is 0 Å². The number of nitrogens with zero attached hydrogens (tertiary/aromatic N) is 1. The molecule has 0 fully saturated rings. The number of amides is 1. The second-order valence-electron chi connectivity index (χ2n) is 5.07. The SMILES string of the molecule is O=C(Nc1ccncc1)c1ccccc1C(=O)c1ccc(Cl)cc1. The van der Waals surface area contributed by atoms with Crippen LogP contribution in [0.15, 0.2) is 73.1 Å². The lowest BCUT2D eigenvalue weighted by Crippen LogP contribution is -2.16. The van der Waals surface area contributed by atoms with Crippen molar-refractivity contribution in [1.82, 2.24) is 4.98 Å². The van der Waals surface area contributed by atoms with Crippen molar-refractivity contribution in [3.05, 3.63) is 94.8 Å². The molecule has 1 N–H and O–H groups in total. The van der Waals surface area contributed by atoms with E-state index in [0.717, 1.165) is 0 Å². The van der Waals surface area contributed by atoms with Crippen LogP contribution in [0.1, 0.15) is 26.3 Å². The Morgan fingerprint density at radius 2 is 1.46 bits per heavy atom. The number of carbonyl (C=O) groups is 2. The first-order valence-corrected chi connectivity index (χ1v) is 7.63. The van der Waals surface area contributed by atoms with Gasteiger partial charge in [0.25, 0.3) is 5.91 Å². The summed E-state index contributed by atoms with van der Waals surface area (Å²) in [5, 5.41) is 3.31. The molecule has 2 aromatic carbocycles. The van der Waals surface area contributed by atoms with E-state index in [-0.39, 0.29) is 11.7 Å². The number of nitrogens with one attached hydrogen (secondary N) is 1. The summed E-state index contributed by atoms with van der Waals surface area (Å²) >= 11 is 5.85. The van der Waals surface area contributed by atoms with Gasteiger partial charge in [-0.15, -0.1) is 0 Å². The Hall–Kier alpha value is -2.98. The molecule has 3 aromatic rings. The number of halogens is 1. The zero-order chi connectivity index (χ0) is 16.9. The number of rotatable bonds is 4. The zero-order valence-electron chi connectivity index (χ0n) is 12.6. The van der Waals surface area contributed by atoms with Crippen molar-refractivity contribution in [2.24, 2.45) is 0 Å². The lowest BCUT2D eigenvalue weighted by Gasteiger charge is -2.09. The average molecular weight is 337 g/mol. The predicted molar refractivity (Wildman–Crippen MR) is 93.5 cm³/mol. The lowest BCUT2D eigenvalue weighted by atomic mass is 9.98. The molecule has 0 aliphatic heterocycles. The molecule has 0 aliphatic rings. The van der Waals surface area contributed by atoms with E-state index in [9.17, 15) is 9.59 Å². The smallest absolute Gasteiger partial charge is 0.256 e. The van der Waals surface area contributed by atoms with E-state index in [0.29, 0.717) is 27.4 Å². The van der Waals surface area contributed by atoms with Gasteiger partial charge in [0.2, 0.25) is 0 Å². The number of carbonyl (C=O) groups excluding carboxylic acids is 2. The fourth-order valence-electron chi connectivity index (χ4n) is 2.27. The Morgan fingerprint density at radius 3 is 2.12 bits per heavy atom. The van der Waals surface area contributed by atoms with Crippen molar-refractivity contribution < 1.29 is 9.59 Å². The van der Waals surface area contributed by atoms with Crippen LogP contribution in [-0.4, -0.2) is 16.7 Å². The second-order valence-corrected chi connectivity index (χ2v) is 5.51. The molecule has 0 spiro atoms. The highest BCUT2D eigenvalue weighted by molar-refractivity contribution is 6.30. The first-order chi connectivity index (χ1) is 11.6. The molecule has 1 heterocycles. The number of pyridine rings is 1. The summed E-state index contributed by atoms with van der Waals surface area (Å²) in [6.45, 7) is 0. The average Bonchev–Trinajstić information content (AvgIpc) is 2.62. The molecule has 1 aromatic heterocycles. The van der Waals surface area contributed by atoms with Crippen molar-refractivity contribution >= 4 is 29.0 Å². The van der Waals surface area contributed by atoms with Crippen LogP contribution in [-0.2, 0) is 0 Å². The number of hydrogen-bond donors (Lipinski definition) is 1. The molecule has 24 heavy (non-hydrogen) atoms. The first-order valence-electron chi connectivity index (χ1n) is 7.26. The molecule has 0 saturated heterocycles. The number of anilines is 1. The maximum Gasteiger partial charge on any atom is 0.256 e. The number of benzene rings is 2. The fraction of sp³-hybridized carbons (Fsp3) is 0. The second kappa shape index (κ2) is 7.06. The molecule has 3 rings (SSSR count). The van der Waals surface area contributed by atoms with Crippen LogP contribution < -0.4 is 5.32 Å². The fourth-order valence-corrected chi connectivity index (χ4v) is 2.40. The van der Waals surface area contributed by atoms with Gasteiger partial charge in [-0.25, -0.2) is 0 Å². The van der Waals surface area contributed by atoms with Gasteiger partial charge in [0, 0.05) is 34.2 Å². The minimum absolute atomic E-state index is 0.229. The zero-order valence-corrected chi connectivity index (χ0v) is 13.3. The minimum Gasteiger partial charge on any atom is -0.322 e. The molecule has 0 radical (unpaired) electrons. The third-order valence-electron chi connectivity index (χ3n) is 3.46. The standard InChI is InChI=1S/C19H13ClN2O2/c20-14-7-5-13(6-8-14)18(23)16-3-1-2-4-17(16)19(24)22-15-9-11-21-12-10-15/h1-12H,(H,21,22,24). The highest BCUT2D eigenvalue weighted by Crippen LogP contribution is 2.18.